The summed E-state index contributed by atoms with van der Waals surface area (Å²) in [5.41, 5.74) is 7.48. The molecule has 1 aromatic carbocycles. The fourth-order valence-electron chi connectivity index (χ4n) is 5.47. The minimum atomic E-state index is -0.658. The number of nitrogens with one attached hydrogen (secondary N) is 3. The van der Waals surface area contributed by atoms with Gasteiger partial charge in [-0.25, -0.2) is 0 Å². The van der Waals surface area contributed by atoms with Crippen molar-refractivity contribution in [2.24, 2.45) is 5.73 Å². The third-order valence-corrected chi connectivity index (χ3v) is 7.76. The zero-order valence-electron chi connectivity index (χ0n) is 22.4. The minimum Gasteiger partial charge on any atom is -0.370 e. The van der Waals surface area contributed by atoms with Crippen molar-refractivity contribution in [3.63, 3.8) is 0 Å². The van der Waals surface area contributed by atoms with E-state index in [4.69, 9.17) is 5.73 Å². The average Bonchev–Trinajstić information content (AvgIpc) is 3.29. The summed E-state index contributed by atoms with van der Waals surface area (Å²) in [6.45, 7) is 3.97. The maximum atomic E-state index is 13.8. The minimum absolute atomic E-state index is 0.00121. The lowest BCUT2D eigenvalue weighted by molar-refractivity contribution is -0.144. The van der Waals surface area contributed by atoms with Crippen LogP contribution in [0, 0.1) is 6.92 Å². The lowest BCUT2D eigenvalue weighted by Gasteiger charge is -2.36. The second-order valence-corrected chi connectivity index (χ2v) is 10.5. The van der Waals surface area contributed by atoms with Crippen molar-refractivity contribution in [3.8, 4) is 0 Å². The van der Waals surface area contributed by atoms with Crippen molar-refractivity contribution in [1.82, 2.24) is 20.9 Å². The summed E-state index contributed by atoms with van der Waals surface area (Å²) in [6, 6.07) is 6.21. The lowest BCUT2D eigenvalue weighted by Crippen LogP contribution is -2.58. The molecule has 9 heteroatoms. The van der Waals surface area contributed by atoms with Crippen LogP contribution in [0.25, 0.3) is 0 Å². The second kappa shape index (κ2) is 13.6. The molecule has 0 aromatic heterocycles. The van der Waals surface area contributed by atoms with Crippen LogP contribution in [-0.4, -0.2) is 65.8 Å². The largest absolute Gasteiger partial charge is 0.370 e. The number of rotatable bonds is 11. The number of fused-ring (bicyclic) bond motifs is 1. The molecule has 0 saturated carbocycles. The topological polar surface area (TPSA) is 134 Å². The van der Waals surface area contributed by atoms with Gasteiger partial charge in [0.15, 0.2) is 0 Å². The van der Waals surface area contributed by atoms with E-state index in [9.17, 15) is 19.2 Å². The first kappa shape index (κ1) is 28.6. The van der Waals surface area contributed by atoms with Crippen LogP contribution in [0.5, 0.6) is 0 Å². The van der Waals surface area contributed by atoms with E-state index in [-0.39, 0.29) is 36.2 Å². The molecule has 204 valence electrons. The Bertz CT molecular complexity index is 950. The predicted octanol–water partition coefficient (Wildman–Crippen LogP) is 1.70. The molecule has 0 spiro atoms. The number of nitrogens with zero attached hydrogens (tertiary/aromatic N) is 1. The molecule has 37 heavy (non-hydrogen) atoms. The van der Waals surface area contributed by atoms with Crippen molar-refractivity contribution in [2.75, 3.05) is 7.05 Å². The molecular weight excluding hydrogens is 470 g/mol. The standard InChI is InChI=1S/C28H43N5O4/c1-4-20(13-16-25(29)34)31-27(36)24-15-14-21-7-5-6-8-22(28(37)33(21)24)32-26(35)23(30-3)17-19-11-9-18(2)10-12-19/h9-12,20-24,30H,4-8,13-17H2,1-3H3,(H2,29,34)(H,31,36)(H,32,35). The second-order valence-electron chi connectivity index (χ2n) is 10.5. The Morgan fingerprint density at radius 2 is 1.78 bits per heavy atom. The molecule has 0 radical (unpaired) electrons. The molecule has 9 nitrogen and oxygen atoms in total. The van der Waals surface area contributed by atoms with Crippen LogP contribution in [0.15, 0.2) is 24.3 Å². The van der Waals surface area contributed by atoms with E-state index in [2.05, 4.69) is 16.0 Å². The van der Waals surface area contributed by atoms with Crippen LogP contribution in [0.4, 0.5) is 0 Å². The zero-order valence-corrected chi connectivity index (χ0v) is 22.4. The Morgan fingerprint density at radius 1 is 1.08 bits per heavy atom. The first-order valence-electron chi connectivity index (χ1n) is 13.7. The predicted molar refractivity (Wildman–Crippen MR) is 142 cm³/mol. The Hall–Kier alpha value is -2.94. The number of aryl methyl sites for hydroxylation is 1. The number of hydrogen-bond acceptors (Lipinski definition) is 5. The molecule has 4 amide bonds. The molecule has 2 aliphatic rings. The van der Waals surface area contributed by atoms with Gasteiger partial charge in [-0.1, -0.05) is 49.6 Å². The number of carbonyl (C=O) groups excluding carboxylic acids is 4. The first-order valence-corrected chi connectivity index (χ1v) is 13.7. The Morgan fingerprint density at radius 3 is 2.43 bits per heavy atom. The number of amides is 4. The summed E-state index contributed by atoms with van der Waals surface area (Å²) >= 11 is 0. The monoisotopic (exact) mass is 513 g/mol. The zero-order chi connectivity index (χ0) is 26.9. The van der Waals surface area contributed by atoms with Gasteiger partial charge in [-0.2, -0.15) is 0 Å². The van der Waals surface area contributed by atoms with Crippen molar-refractivity contribution >= 4 is 23.6 Å². The molecule has 5 atom stereocenters. The Labute approximate surface area is 220 Å². The molecule has 0 bridgehead atoms. The van der Waals surface area contributed by atoms with Crippen LogP contribution in [0.2, 0.25) is 0 Å². The van der Waals surface area contributed by atoms with Crippen LogP contribution < -0.4 is 21.7 Å². The average molecular weight is 514 g/mol. The van der Waals surface area contributed by atoms with Gasteiger partial charge in [0.25, 0.3) is 0 Å². The number of primary amides is 1. The van der Waals surface area contributed by atoms with Gasteiger partial charge in [0.2, 0.25) is 23.6 Å². The smallest absolute Gasteiger partial charge is 0.246 e. The van der Waals surface area contributed by atoms with E-state index in [1.54, 1.807) is 11.9 Å². The Balaban J connectivity index is 1.69. The number of nitrogens with two attached hydrogens (primary N) is 1. The van der Waals surface area contributed by atoms with Crippen molar-refractivity contribution in [1.29, 1.82) is 0 Å². The quantitative estimate of drug-likeness (QED) is 0.357. The van der Waals surface area contributed by atoms with Crippen LogP contribution >= 0.6 is 0 Å². The molecule has 5 N–H and O–H groups in total. The van der Waals surface area contributed by atoms with Gasteiger partial charge in [-0.3, -0.25) is 19.2 Å². The van der Waals surface area contributed by atoms with Gasteiger partial charge in [-0.15, -0.1) is 0 Å². The van der Waals surface area contributed by atoms with Crippen LogP contribution in [-0.2, 0) is 25.6 Å². The molecule has 1 aromatic rings. The molecule has 2 fully saturated rings. The molecule has 5 unspecified atom stereocenters. The number of carbonyl (C=O) groups is 4. The lowest BCUT2D eigenvalue weighted by atomic mass is 9.98. The van der Waals surface area contributed by atoms with Gasteiger partial charge in [0, 0.05) is 18.5 Å². The van der Waals surface area contributed by atoms with E-state index in [0.717, 1.165) is 36.8 Å². The molecule has 2 saturated heterocycles. The van der Waals surface area contributed by atoms with Gasteiger partial charge < -0.3 is 26.6 Å². The molecule has 3 rings (SSSR count). The summed E-state index contributed by atoms with van der Waals surface area (Å²) in [7, 11) is 1.75. The van der Waals surface area contributed by atoms with Gasteiger partial charge in [-0.05, 0) is 64.5 Å². The third-order valence-electron chi connectivity index (χ3n) is 7.76. The summed E-state index contributed by atoms with van der Waals surface area (Å²) in [5.74, 6) is -0.971. The van der Waals surface area contributed by atoms with E-state index < -0.39 is 24.0 Å². The van der Waals surface area contributed by atoms with E-state index >= 15 is 0 Å². The maximum Gasteiger partial charge on any atom is 0.246 e. The highest BCUT2D eigenvalue weighted by molar-refractivity contribution is 5.94. The van der Waals surface area contributed by atoms with Crippen molar-refractivity contribution in [3.05, 3.63) is 35.4 Å². The third kappa shape index (κ3) is 7.77. The highest BCUT2D eigenvalue weighted by Crippen LogP contribution is 2.31. The van der Waals surface area contributed by atoms with E-state index in [1.807, 2.05) is 38.1 Å². The molecule has 2 heterocycles. The highest BCUT2D eigenvalue weighted by Gasteiger charge is 2.44. The summed E-state index contributed by atoms with van der Waals surface area (Å²) < 4.78 is 0. The van der Waals surface area contributed by atoms with Gasteiger partial charge in [0.1, 0.15) is 12.1 Å². The summed E-state index contributed by atoms with van der Waals surface area (Å²) in [4.78, 5) is 53.1. The number of hydrogen-bond donors (Lipinski definition) is 4. The van der Waals surface area contributed by atoms with Gasteiger partial charge >= 0.3 is 0 Å². The molecule has 0 aliphatic carbocycles. The normalized spacial score (nSPS) is 23.4. The Kier molecular flexibility index (Phi) is 10.5. The number of benzene rings is 1. The fraction of sp³-hybridized carbons (Fsp3) is 0.643. The summed E-state index contributed by atoms with van der Waals surface area (Å²) in [6.07, 6.45) is 6.47. The fourth-order valence-corrected chi connectivity index (χ4v) is 5.47. The van der Waals surface area contributed by atoms with Crippen LogP contribution in [0.3, 0.4) is 0 Å². The summed E-state index contributed by atoms with van der Waals surface area (Å²) in [5, 5.41) is 9.11. The number of likely N-dealkylation sites (N-methyl/N-ethyl adjacent to an activating group) is 1. The van der Waals surface area contributed by atoms with Crippen molar-refractivity contribution in [2.45, 2.75) is 108 Å². The molecular formula is C28H43N5O4. The van der Waals surface area contributed by atoms with E-state index in [1.165, 1.54) is 0 Å². The SMILES string of the molecule is CCC(CCC(N)=O)NC(=O)C1CCC2CCCCC(NC(=O)C(Cc3ccc(C)cc3)NC)C(=O)N21. The van der Waals surface area contributed by atoms with Crippen molar-refractivity contribution < 1.29 is 19.2 Å². The maximum absolute atomic E-state index is 13.8. The van der Waals surface area contributed by atoms with Gasteiger partial charge in [0.05, 0.1) is 6.04 Å². The highest BCUT2D eigenvalue weighted by atomic mass is 16.2. The van der Waals surface area contributed by atoms with Crippen LogP contribution in [0.1, 0.15) is 75.8 Å². The molecule has 2 aliphatic heterocycles. The van der Waals surface area contributed by atoms with E-state index in [0.29, 0.717) is 32.1 Å². The first-order chi connectivity index (χ1) is 17.7.